The highest BCUT2D eigenvalue weighted by Gasteiger charge is 2.13. The van der Waals surface area contributed by atoms with Crippen molar-refractivity contribution in [1.29, 1.82) is 0 Å². The largest absolute Gasteiger partial charge is 0.411 e. The molecule has 4 aromatic rings. The van der Waals surface area contributed by atoms with Gasteiger partial charge >= 0.3 is 0 Å². The lowest BCUT2D eigenvalue weighted by Crippen LogP contribution is -2.14. The van der Waals surface area contributed by atoms with Crippen molar-refractivity contribution in [3.8, 4) is 11.5 Å². The van der Waals surface area contributed by atoms with Crippen LogP contribution in [-0.2, 0) is 4.79 Å². The first-order valence-electron chi connectivity index (χ1n) is 8.60. The molecule has 0 aliphatic rings. The van der Waals surface area contributed by atoms with Crippen LogP contribution in [0.5, 0.6) is 0 Å². The van der Waals surface area contributed by atoms with E-state index in [9.17, 15) is 4.79 Å². The summed E-state index contributed by atoms with van der Waals surface area (Å²) in [6.45, 7) is 1.86. The van der Waals surface area contributed by atoms with Crippen LogP contribution in [0.2, 0.25) is 5.02 Å². The third kappa shape index (κ3) is 4.03. The summed E-state index contributed by atoms with van der Waals surface area (Å²) in [7, 11) is 0. The molecule has 4 rings (SSSR count). The molecule has 1 amide bonds. The summed E-state index contributed by atoms with van der Waals surface area (Å²) in [6, 6.07) is 19.4. The Hall–Kier alpha value is -2.83. The summed E-state index contributed by atoms with van der Waals surface area (Å²) >= 11 is 7.27. The molecule has 1 aromatic heterocycles. The van der Waals surface area contributed by atoms with Crippen LogP contribution in [0, 0.1) is 6.92 Å². The van der Waals surface area contributed by atoms with Gasteiger partial charge in [-0.05, 0) is 47.5 Å². The van der Waals surface area contributed by atoms with Crippen molar-refractivity contribution < 1.29 is 9.21 Å². The Morgan fingerprint density at radius 3 is 2.75 bits per heavy atom. The average molecular weight is 410 g/mol. The van der Waals surface area contributed by atoms with E-state index >= 15 is 0 Å². The van der Waals surface area contributed by atoms with Crippen molar-refractivity contribution in [2.24, 2.45) is 0 Å². The molecule has 0 bridgehead atoms. The van der Waals surface area contributed by atoms with Gasteiger partial charge in [0.05, 0.1) is 5.75 Å². The van der Waals surface area contributed by atoms with Gasteiger partial charge in [0.25, 0.3) is 5.22 Å². The standard InChI is InChI=1S/C21H16ClN3O2S/c1-13-17(22)7-4-8-18(13)23-19(26)12-28-21-25-24-20(27-21)16-10-9-14-5-2-3-6-15(14)11-16/h2-11H,12H2,1H3,(H,23,26). The molecule has 0 aliphatic carbocycles. The Morgan fingerprint density at radius 1 is 1.07 bits per heavy atom. The fraction of sp³-hybridized carbons (Fsp3) is 0.0952. The molecule has 7 heteroatoms. The van der Waals surface area contributed by atoms with E-state index in [-0.39, 0.29) is 11.7 Å². The maximum Gasteiger partial charge on any atom is 0.277 e. The van der Waals surface area contributed by atoms with E-state index in [0.717, 1.165) is 21.9 Å². The molecule has 1 N–H and O–H groups in total. The number of carbonyl (C=O) groups excluding carboxylic acids is 1. The highest BCUT2D eigenvalue weighted by Crippen LogP contribution is 2.27. The molecule has 0 saturated heterocycles. The lowest BCUT2D eigenvalue weighted by atomic mass is 10.1. The molecule has 0 aliphatic heterocycles. The summed E-state index contributed by atoms with van der Waals surface area (Å²) in [4.78, 5) is 12.2. The van der Waals surface area contributed by atoms with Crippen LogP contribution in [-0.4, -0.2) is 21.9 Å². The van der Waals surface area contributed by atoms with Crippen LogP contribution in [0.4, 0.5) is 5.69 Å². The maximum atomic E-state index is 12.2. The molecule has 5 nitrogen and oxygen atoms in total. The third-order valence-corrected chi connectivity index (χ3v) is 5.50. The summed E-state index contributed by atoms with van der Waals surface area (Å²) in [5.74, 6) is 0.422. The van der Waals surface area contributed by atoms with E-state index in [2.05, 4.69) is 21.6 Å². The predicted octanol–water partition coefficient (Wildman–Crippen LogP) is 5.58. The fourth-order valence-corrected chi connectivity index (χ4v) is 3.50. The topological polar surface area (TPSA) is 68.0 Å². The zero-order valence-electron chi connectivity index (χ0n) is 15.0. The Morgan fingerprint density at radius 2 is 1.89 bits per heavy atom. The van der Waals surface area contributed by atoms with Gasteiger partial charge in [-0.1, -0.05) is 59.8 Å². The number of amides is 1. The highest BCUT2D eigenvalue weighted by molar-refractivity contribution is 7.99. The number of nitrogens with one attached hydrogen (secondary N) is 1. The summed E-state index contributed by atoms with van der Waals surface area (Å²) < 4.78 is 5.70. The van der Waals surface area contributed by atoms with E-state index in [1.807, 2.05) is 49.4 Å². The quantitative estimate of drug-likeness (QED) is 0.435. The van der Waals surface area contributed by atoms with Crippen LogP contribution in [0.3, 0.4) is 0 Å². The number of hydrogen-bond donors (Lipinski definition) is 1. The van der Waals surface area contributed by atoms with E-state index < -0.39 is 0 Å². The number of aromatic nitrogens is 2. The Balaban J connectivity index is 1.41. The van der Waals surface area contributed by atoms with Crippen molar-refractivity contribution in [2.45, 2.75) is 12.1 Å². The van der Waals surface area contributed by atoms with Crippen molar-refractivity contribution in [3.63, 3.8) is 0 Å². The van der Waals surface area contributed by atoms with Gasteiger partial charge < -0.3 is 9.73 Å². The lowest BCUT2D eigenvalue weighted by Gasteiger charge is -2.08. The number of benzene rings is 3. The summed E-state index contributed by atoms with van der Waals surface area (Å²) in [5, 5.41) is 14.2. The van der Waals surface area contributed by atoms with Gasteiger partial charge in [0.15, 0.2) is 0 Å². The van der Waals surface area contributed by atoms with Crippen molar-refractivity contribution >= 4 is 45.7 Å². The van der Waals surface area contributed by atoms with E-state index in [1.165, 1.54) is 11.8 Å². The molecule has 0 unspecified atom stereocenters. The monoisotopic (exact) mass is 409 g/mol. The van der Waals surface area contributed by atoms with Gasteiger partial charge in [-0.3, -0.25) is 4.79 Å². The molecule has 0 fully saturated rings. The van der Waals surface area contributed by atoms with Crippen molar-refractivity contribution in [1.82, 2.24) is 10.2 Å². The first-order valence-corrected chi connectivity index (χ1v) is 9.97. The Kier molecular flexibility index (Phi) is 5.32. The Bertz CT molecular complexity index is 1160. The van der Waals surface area contributed by atoms with Crippen LogP contribution in [0.1, 0.15) is 5.56 Å². The number of fused-ring (bicyclic) bond motifs is 1. The van der Waals surface area contributed by atoms with Crippen LogP contribution in [0.15, 0.2) is 70.3 Å². The second-order valence-electron chi connectivity index (χ2n) is 6.18. The molecule has 0 spiro atoms. The second kappa shape index (κ2) is 8.04. The molecule has 0 radical (unpaired) electrons. The van der Waals surface area contributed by atoms with Crippen LogP contribution in [0.25, 0.3) is 22.2 Å². The molecular formula is C21H16ClN3O2S. The van der Waals surface area contributed by atoms with Crippen LogP contribution >= 0.6 is 23.4 Å². The van der Waals surface area contributed by atoms with Gasteiger partial charge in [0, 0.05) is 16.3 Å². The molecule has 28 heavy (non-hydrogen) atoms. The van der Waals surface area contributed by atoms with Crippen LogP contribution < -0.4 is 5.32 Å². The number of halogens is 1. The van der Waals surface area contributed by atoms with Crippen molar-refractivity contribution in [3.05, 3.63) is 71.2 Å². The van der Waals surface area contributed by atoms with Gasteiger partial charge in [-0.2, -0.15) is 0 Å². The van der Waals surface area contributed by atoms with Gasteiger partial charge in [-0.15, -0.1) is 10.2 Å². The molecule has 0 atom stereocenters. The average Bonchev–Trinajstić information content (AvgIpc) is 3.19. The highest BCUT2D eigenvalue weighted by atomic mass is 35.5. The predicted molar refractivity (Wildman–Crippen MR) is 113 cm³/mol. The fourth-order valence-electron chi connectivity index (χ4n) is 2.76. The van der Waals surface area contributed by atoms with Crippen molar-refractivity contribution in [2.75, 3.05) is 11.1 Å². The SMILES string of the molecule is Cc1c(Cl)cccc1NC(=O)CSc1nnc(-c2ccc3ccccc3c2)o1. The number of rotatable bonds is 5. The normalized spacial score (nSPS) is 10.9. The third-order valence-electron chi connectivity index (χ3n) is 4.27. The van der Waals surface area contributed by atoms with Gasteiger partial charge in [-0.25, -0.2) is 0 Å². The number of thioether (sulfide) groups is 1. The van der Waals surface area contributed by atoms with Gasteiger partial charge in [0.2, 0.25) is 11.8 Å². The first kappa shape index (κ1) is 18.5. The van der Waals surface area contributed by atoms with E-state index in [0.29, 0.717) is 21.8 Å². The van der Waals surface area contributed by atoms with E-state index in [1.54, 1.807) is 12.1 Å². The second-order valence-corrected chi connectivity index (χ2v) is 7.52. The minimum Gasteiger partial charge on any atom is -0.411 e. The van der Waals surface area contributed by atoms with Gasteiger partial charge in [0.1, 0.15) is 0 Å². The minimum absolute atomic E-state index is 0.158. The lowest BCUT2D eigenvalue weighted by molar-refractivity contribution is -0.113. The summed E-state index contributed by atoms with van der Waals surface area (Å²) in [6.07, 6.45) is 0. The molecular weight excluding hydrogens is 394 g/mol. The smallest absolute Gasteiger partial charge is 0.277 e. The molecule has 140 valence electrons. The minimum atomic E-state index is -0.166. The summed E-state index contributed by atoms with van der Waals surface area (Å²) in [5.41, 5.74) is 2.37. The molecule has 0 saturated carbocycles. The number of anilines is 1. The number of carbonyl (C=O) groups is 1. The Labute approximate surface area is 171 Å². The van der Waals surface area contributed by atoms with E-state index in [4.69, 9.17) is 16.0 Å². The number of hydrogen-bond acceptors (Lipinski definition) is 5. The number of nitrogens with zero attached hydrogens (tertiary/aromatic N) is 2. The zero-order chi connectivity index (χ0) is 19.5. The maximum absolute atomic E-state index is 12.2. The zero-order valence-corrected chi connectivity index (χ0v) is 16.6. The first-order chi connectivity index (χ1) is 13.6. The molecule has 1 heterocycles. The molecule has 3 aromatic carbocycles.